The number of halogens is 2. The molecule has 0 fully saturated rings. The van der Waals surface area contributed by atoms with Crippen LogP contribution in [0.4, 0.5) is 0 Å². The summed E-state index contributed by atoms with van der Waals surface area (Å²) in [5.74, 6) is 0.562. The smallest absolute Gasteiger partial charge is 0.324 e. The summed E-state index contributed by atoms with van der Waals surface area (Å²) in [7, 11) is 0. The summed E-state index contributed by atoms with van der Waals surface area (Å²) in [6.45, 7) is -2.68. The molecular weight excluding hydrogens is 244 g/mol. The fourth-order valence-electron chi connectivity index (χ4n) is 0.337. The normalized spacial score (nSPS) is 10.9. The highest BCUT2D eigenvalue weighted by atomic mass is 35.5. The van der Waals surface area contributed by atoms with Crippen LogP contribution in [0, 0.1) is 0 Å². The zero-order valence-electron chi connectivity index (χ0n) is 6.41. The van der Waals surface area contributed by atoms with Crippen molar-refractivity contribution < 1.29 is 13.9 Å². The molecule has 76 valence electrons. The van der Waals surface area contributed by atoms with Crippen molar-refractivity contribution in [3.8, 4) is 0 Å². The molecule has 4 N–H and O–H groups in total. The summed E-state index contributed by atoms with van der Waals surface area (Å²) in [6, 6.07) is 0. The van der Waals surface area contributed by atoms with E-state index in [2.05, 4.69) is 11.8 Å². The minimum atomic E-state index is -3.06. The standard InChI is InChI=1S/C4H9Cl2O3PS.H3N/c5-1-3-8-10(7,11)9-4-2-6;/h1-4H2,(H,7,11);1H3. The lowest BCUT2D eigenvalue weighted by atomic mass is 10.9. The Hall–Kier alpha value is 1.07. The molecule has 0 rings (SSSR count). The Labute approximate surface area is 87.0 Å². The van der Waals surface area contributed by atoms with Crippen molar-refractivity contribution in [3.63, 3.8) is 0 Å². The molecular formula is C4H12Cl2NO3PS. The zero-order valence-corrected chi connectivity index (χ0v) is 9.63. The van der Waals surface area contributed by atoms with Gasteiger partial charge in [0.2, 0.25) is 0 Å². The lowest BCUT2D eigenvalue weighted by Gasteiger charge is -2.13. The van der Waals surface area contributed by atoms with Crippen molar-refractivity contribution in [1.29, 1.82) is 0 Å². The Balaban J connectivity index is 0. The predicted molar refractivity (Wildman–Crippen MR) is 54.9 cm³/mol. The number of hydrogen-bond donors (Lipinski definition) is 2. The molecule has 0 saturated carbocycles. The highest BCUT2D eigenvalue weighted by Crippen LogP contribution is 2.43. The van der Waals surface area contributed by atoms with Gasteiger partial charge in [0.15, 0.2) is 0 Å². The van der Waals surface area contributed by atoms with Gasteiger partial charge in [-0.25, -0.2) is 0 Å². The monoisotopic (exact) mass is 255 g/mol. The molecule has 0 spiro atoms. The SMILES string of the molecule is N.OP(=S)(OCCCl)OCCCl. The van der Waals surface area contributed by atoms with E-state index in [0.29, 0.717) is 0 Å². The topological polar surface area (TPSA) is 73.7 Å². The van der Waals surface area contributed by atoms with Crippen LogP contribution < -0.4 is 6.15 Å². The van der Waals surface area contributed by atoms with Gasteiger partial charge in [0.05, 0.1) is 13.2 Å². The third-order valence-electron chi connectivity index (χ3n) is 0.663. The van der Waals surface area contributed by atoms with E-state index in [0.717, 1.165) is 0 Å². The van der Waals surface area contributed by atoms with Crippen molar-refractivity contribution in [3.05, 3.63) is 0 Å². The average Bonchev–Trinajstić information content (AvgIpc) is 1.97. The van der Waals surface area contributed by atoms with E-state index in [1.54, 1.807) is 0 Å². The maximum absolute atomic E-state index is 9.14. The molecule has 0 aromatic carbocycles. The second-order valence-corrected chi connectivity index (χ2v) is 5.11. The van der Waals surface area contributed by atoms with E-state index in [9.17, 15) is 0 Å². The summed E-state index contributed by atoms with van der Waals surface area (Å²) in [5.41, 5.74) is 0. The van der Waals surface area contributed by atoms with Crippen LogP contribution in [0.15, 0.2) is 0 Å². The Bertz CT molecular complexity index is 138. The van der Waals surface area contributed by atoms with Gasteiger partial charge < -0.3 is 20.1 Å². The van der Waals surface area contributed by atoms with Gasteiger partial charge in [0.25, 0.3) is 0 Å². The summed E-state index contributed by atoms with van der Waals surface area (Å²) >= 11 is 15.2. The van der Waals surface area contributed by atoms with Crippen LogP contribution in [0.3, 0.4) is 0 Å². The summed E-state index contributed by atoms with van der Waals surface area (Å²) in [4.78, 5) is 9.14. The second-order valence-electron chi connectivity index (χ2n) is 1.51. The van der Waals surface area contributed by atoms with Gasteiger partial charge in [-0.05, 0) is 11.8 Å². The van der Waals surface area contributed by atoms with Crippen LogP contribution in [-0.4, -0.2) is 29.9 Å². The maximum atomic E-state index is 9.14. The summed E-state index contributed by atoms with van der Waals surface area (Å²) in [6.07, 6.45) is 0. The molecule has 0 bridgehead atoms. The van der Waals surface area contributed by atoms with E-state index >= 15 is 0 Å². The maximum Gasteiger partial charge on any atom is 0.324 e. The van der Waals surface area contributed by atoms with Crippen molar-refractivity contribution >= 4 is 41.7 Å². The van der Waals surface area contributed by atoms with Crippen LogP contribution in [-0.2, 0) is 20.9 Å². The first kappa shape index (κ1) is 15.5. The predicted octanol–water partition coefficient (Wildman–Crippen LogP) is 1.88. The van der Waals surface area contributed by atoms with E-state index in [1.807, 2.05) is 0 Å². The molecule has 0 aromatic heterocycles. The molecule has 0 heterocycles. The van der Waals surface area contributed by atoms with Crippen LogP contribution in [0.2, 0.25) is 0 Å². The molecule has 0 aliphatic heterocycles. The van der Waals surface area contributed by atoms with E-state index < -0.39 is 6.72 Å². The summed E-state index contributed by atoms with van der Waals surface area (Å²) < 4.78 is 9.50. The molecule has 0 aliphatic rings. The fraction of sp³-hybridized carbons (Fsp3) is 1.00. The Kier molecular flexibility index (Phi) is 11.2. The third kappa shape index (κ3) is 9.16. The minimum absolute atomic E-state index is 0. The van der Waals surface area contributed by atoms with Crippen LogP contribution in [0.25, 0.3) is 0 Å². The highest BCUT2D eigenvalue weighted by molar-refractivity contribution is 8.07. The van der Waals surface area contributed by atoms with E-state index in [-0.39, 0.29) is 31.1 Å². The average molecular weight is 256 g/mol. The molecule has 4 nitrogen and oxygen atoms in total. The van der Waals surface area contributed by atoms with Crippen LogP contribution in [0.5, 0.6) is 0 Å². The second kappa shape index (κ2) is 8.66. The minimum Gasteiger partial charge on any atom is -0.344 e. The Morgan fingerprint density at radius 2 is 1.50 bits per heavy atom. The first-order valence-electron chi connectivity index (χ1n) is 2.86. The molecule has 0 aromatic rings. The van der Waals surface area contributed by atoms with Gasteiger partial charge >= 0.3 is 6.72 Å². The van der Waals surface area contributed by atoms with Gasteiger partial charge in [-0.2, -0.15) is 0 Å². The molecule has 0 saturated heterocycles. The molecule has 8 heteroatoms. The zero-order chi connectivity index (χ0) is 8.74. The molecule has 0 unspecified atom stereocenters. The Morgan fingerprint density at radius 1 is 1.17 bits per heavy atom. The number of hydrogen-bond acceptors (Lipinski definition) is 4. The van der Waals surface area contributed by atoms with E-state index in [1.165, 1.54) is 0 Å². The molecule has 0 radical (unpaired) electrons. The highest BCUT2D eigenvalue weighted by Gasteiger charge is 2.13. The molecule has 12 heavy (non-hydrogen) atoms. The first-order valence-corrected chi connectivity index (χ1v) is 6.52. The lowest BCUT2D eigenvalue weighted by molar-refractivity contribution is 0.214. The van der Waals surface area contributed by atoms with Gasteiger partial charge in [-0.3, -0.25) is 0 Å². The summed E-state index contributed by atoms with van der Waals surface area (Å²) in [5, 5.41) is 0. The number of alkyl halides is 2. The first-order chi connectivity index (χ1) is 5.12. The van der Waals surface area contributed by atoms with Crippen molar-refractivity contribution in [2.45, 2.75) is 0 Å². The molecule has 0 amide bonds. The lowest BCUT2D eigenvalue weighted by Crippen LogP contribution is -1.99. The van der Waals surface area contributed by atoms with Crippen molar-refractivity contribution in [2.24, 2.45) is 0 Å². The third-order valence-corrected chi connectivity index (χ3v) is 2.62. The number of rotatable bonds is 6. The van der Waals surface area contributed by atoms with Crippen molar-refractivity contribution in [1.82, 2.24) is 6.15 Å². The van der Waals surface area contributed by atoms with Gasteiger partial charge in [-0.1, -0.05) is 0 Å². The molecule has 0 atom stereocenters. The van der Waals surface area contributed by atoms with Gasteiger partial charge in [-0.15, -0.1) is 23.2 Å². The van der Waals surface area contributed by atoms with Crippen LogP contribution in [0.1, 0.15) is 0 Å². The quantitative estimate of drug-likeness (QED) is 0.560. The largest absolute Gasteiger partial charge is 0.344 e. The van der Waals surface area contributed by atoms with Crippen molar-refractivity contribution in [2.75, 3.05) is 25.0 Å². The fourth-order valence-corrected chi connectivity index (χ4v) is 1.87. The van der Waals surface area contributed by atoms with Crippen LogP contribution >= 0.6 is 29.9 Å². The molecule has 0 aliphatic carbocycles. The van der Waals surface area contributed by atoms with Gasteiger partial charge in [0, 0.05) is 11.8 Å². The van der Waals surface area contributed by atoms with Gasteiger partial charge in [0.1, 0.15) is 0 Å². The van der Waals surface area contributed by atoms with E-state index in [4.69, 9.17) is 37.1 Å². The Morgan fingerprint density at radius 3 is 1.75 bits per heavy atom.